The van der Waals surface area contributed by atoms with Gasteiger partial charge in [0.25, 0.3) is 0 Å². The molecule has 0 saturated carbocycles. The summed E-state index contributed by atoms with van der Waals surface area (Å²) in [7, 11) is 0. The second kappa shape index (κ2) is 4.32. The number of carbonyl (C=O) groups excluding carboxylic acids is 2. The first-order valence-corrected chi connectivity index (χ1v) is 3.85. The summed E-state index contributed by atoms with van der Waals surface area (Å²) in [5, 5.41) is 0. The minimum atomic E-state index is -0.619. The molecule has 2 N–H and O–H groups in total. The van der Waals surface area contributed by atoms with Gasteiger partial charge in [-0.2, -0.15) is 0 Å². The summed E-state index contributed by atoms with van der Waals surface area (Å²) in [4.78, 5) is 20.9. The molecule has 14 heavy (non-hydrogen) atoms. The second-order valence-corrected chi connectivity index (χ2v) is 2.63. The molecule has 0 unspecified atom stereocenters. The van der Waals surface area contributed by atoms with Gasteiger partial charge < -0.3 is 5.73 Å². The second-order valence-electron chi connectivity index (χ2n) is 2.63. The van der Waals surface area contributed by atoms with E-state index in [0.717, 1.165) is 12.1 Å². The van der Waals surface area contributed by atoms with Crippen LogP contribution in [0.5, 0.6) is 0 Å². The van der Waals surface area contributed by atoms with Crippen molar-refractivity contribution in [2.45, 2.75) is 0 Å². The highest BCUT2D eigenvalue weighted by Crippen LogP contribution is 2.10. The number of benzene rings is 1. The molecule has 1 aromatic rings. The maximum Gasteiger partial charge on any atom is 0.241 e. The molecule has 0 radical (unpaired) electrons. The predicted molar refractivity (Wildman–Crippen MR) is 50.0 cm³/mol. The largest absolute Gasteiger partial charge is 0.366 e. The lowest BCUT2D eigenvalue weighted by Crippen LogP contribution is -2.05. The zero-order chi connectivity index (χ0) is 10.6. The van der Waals surface area contributed by atoms with Crippen LogP contribution in [0.2, 0.25) is 0 Å². The van der Waals surface area contributed by atoms with E-state index in [0.29, 0.717) is 11.8 Å². The summed E-state index contributed by atoms with van der Waals surface area (Å²) in [6.07, 6.45) is 3.00. The number of hydrogen-bond donors (Lipinski definition) is 1. The first-order valence-electron chi connectivity index (χ1n) is 3.85. The first kappa shape index (κ1) is 10.1. The average Bonchev–Trinajstić information content (AvgIpc) is 2.15. The highest BCUT2D eigenvalue weighted by Gasteiger charge is 2.00. The monoisotopic (exact) mass is 193 g/mol. The lowest BCUT2D eigenvalue weighted by molar-refractivity contribution is -0.113. The van der Waals surface area contributed by atoms with Crippen molar-refractivity contribution in [2.24, 2.45) is 5.73 Å². The molecule has 3 nitrogen and oxygen atoms in total. The molecule has 0 aliphatic carbocycles. The van der Waals surface area contributed by atoms with Gasteiger partial charge in [-0.05, 0) is 23.8 Å². The van der Waals surface area contributed by atoms with Crippen molar-refractivity contribution in [3.63, 3.8) is 0 Å². The van der Waals surface area contributed by atoms with Gasteiger partial charge in [-0.15, -0.1) is 0 Å². The molecule has 0 atom stereocenters. The Morgan fingerprint density at radius 3 is 2.64 bits per heavy atom. The molecule has 0 fully saturated rings. The van der Waals surface area contributed by atoms with E-state index in [9.17, 15) is 14.0 Å². The van der Waals surface area contributed by atoms with Gasteiger partial charge in [0.2, 0.25) is 5.91 Å². The number of nitrogens with two attached hydrogens (primary N) is 1. The van der Waals surface area contributed by atoms with E-state index in [1.165, 1.54) is 18.2 Å². The lowest BCUT2D eigenvalue weighted by Gasteiger charge is -1.97. The molecule has 0 saturated heterocycles. The van der Waals surface area contributed by atoms with Crippen LogP contribution in [0.3, 0.4) is 0 Å². The van der Waals surface area contributed by atoms with Crippen LogP contribution in [0.25, 0.3) is 6.08 Å². The standard InChI is InChI=1S/C10H8FNO2/c11-9-3-1-7(2-4-10(12)14)8(5-9)6-13/h1-6H,(H2,12,14). The molecule has 0 heterocycles. The van der Waals surface area contributed by atoms with Crippen LogP contribution in [0.4, 0.5) is 4.39 Å². The highest BCUT2D eigenvalue weighted by atomic mass is 19.1. The third-order valence-electron chi connectivity index (χ3n) is 1.60. The van der Waals surface area contributed by atoms with Crippen LogP contribution >= 0.6 is 0 Å². The average molecular weight is 193 g/mol. The summed E-state index contributed by atoms with van der Waals surface area (Å²) in [6.45, 7) is 0. The Bertz CT molecular complexity index is 399. The molecular weight excluding hydrogens is 185 g/mol. The normalized spacial score (nSPS) is 10.4. The van der Waals surface area contributed by atoms with Crippen molar-refractivity contribution in [3.05, 3.63) is 41.2 Å². The maximum atomic E-state index is 12.7. The van der Waals surface area contributed by atoms with Gasteiger partial charge in [0.05, 0.1) is 0 Å². The number of amides is 1. The van der Waals surface area contributed by atoms with Crippen molar-refractivity contribution in [2.75, 3.05) is 0 Å². The fraction of sp³-hybridized carbons (Fsp3) is 0. The summed E-state index contributed by atoms with van der Waals surface area (Å²) in [6, 6.07) is 3.69. The number of aldehydes is 1. The van der Waals surface area contributed by atoms with Crippen LogP contribution in [-0.4, -0.2) is 12.2 Å². The molecule has 4 heteroatoms. The van der Waals surface area contributed by atoms with E-state index in [2.05, 4.69) is 0 Å². The van der Waals surface area contributed by atoms with Crippen LogP contribution in [0.15, 0.2) is 24.3 Å². The summed E-state index contributed by atoms with van der Waals surface area (Å²) < 4.78 is 12.7. The number of halogens is 1. The van der Waals surface area contributed by atoms with E-state index in [1.807, 2.05) is 0 Å². The summed E-state index contributed by atoms with van der Waals surface area (Å²) in [5.41, 5.74) is 5.51. The number of carbonyl (C=O) groups is 2. The quantitative estimate of drug-likeness (QED) is 0.578. The minimum absolute atomic E-state index is 0.183. The summed E-state index contributed by atoms with van der Waals surface area (Å²) in [5.74, 6) is -1.12. The zero-order valence-corrected chi connectivity index (χ0v) is 7.24. The SMILES string of the molecule is NC(=O)C=Cc1ccc(F)cc1C=O. The van der Waals surface area contributed by atoms with Gasteiger partial charge >= 0.3 is 0 Å². The number of primary amides is 1. The van der Waals surface area contributed by atoms with Crippen molar-refractivity contribution in [1.29, 1.82) is 0 Å². The number of hydrogen-bond acceptors (Lipinski definition) is 2. The Morgan fingerprint density at radius 2 is 2.07 bits per heavy atom. The molecule has 0 bridgehead atoms. The smallest absolute Gasteiger partial charge is 0.241 e. The molecule has 0 aromatic heterocycles. The first-order chi connectivity index (χ1) is 6.63. The van der Waals surface area contributed by atoms with Gasteiger partial charge in [0.15, 0.2) is 6.29 Å². The van der Waals surface area contributed by atoms with E-state index in [1.54, 1.807) is 0 Å². The van der Waals surface area contributed by atoms with Gasteiger partial charge in [-0.25, -0.2) is 4.39 Å². The maximum absolute atomic E-state index is 12.7. The van der Waals surface area contributed by atoms with Crippen molar-refractivity contribution in [1.82, 2.24) is 0 Å². The van der Waals surface area contributed by atoms with Crippen LogP contribution in [-0.2, 0) is 4.79 Å². The van der Waals surface area contributed by atoms with E-state index in [4.69, 9.17) is 5.73 Å². The van der Waals surface area contributed by atoms with Crippen molar-refractivity contribution >= 4 is 18.3 Å². The number of rotatable bonds is 3. The third-order valence-corrected chi connectivity index (χ3v) is 1.60. The fourth-order valence-corrected chi connectivity index (χ4v) is 0.971. The van der Waals surface area contributed by atoms with Gasteiger partial charge in [0.1, 0.15) is 5.82 Å². The lowest BCUT2D eigenvalue weighted by atomic mass is 10.1. The van der Waals surface area contributed by atoms with Crippen molar-refractivity contribution in [3.8, 4) is 0 Å². The Kier molecular flexibility index (Phi) is 3.12. The van der Waals surface area contributed by atoms with E-state index in [-0.39, 0.29) is 5.56 Å². The molecule has 0 spiro atoms. The van der Waals surface area contributed by atoms with Crippen LogP contribution in [0, 0.1) is 5.82 Å². The molecule has 1 aromatic carbocycles. The molecule has 0 aliphatic heterocycles. The van der Waals surface area contributed by atoms with Crippen LogP contribution < -0.4 is 5.73 Å². The molecule has 1 amide bonds. The Balaban J connectivity index is 3.08. The van der Waals surface area contributed by atoms with E-state index >= 15 is 0 Å². The Hall–Kier alpha value is -1.97. The van der Waals surface area contributed by atoms with Crippen LogP contribution in [0.1, 0.15) is 15.9 Å². The third kappa shape index (κ3) is 2.52. The van der Waals surface area contributed by atoms with Gasteiger partial charge in [0, 0.05) is 11.6 Å². The predicted octanol–water partition coefficient (Wildman–Crippen LogP) is 1.14. The molecule has 1 rings (SSSR count). The van der Waals surface area contributed by atoms with Gasteiger partial charge in [-0.1, -0.05) is 6.07 Å². The minimum Gasteiger partial charge on any atom is -0.366 e. The molecule has 0 aliphatic rings. The fourth-order valence-electron chi connectivity index (χ4n) is 0.971. The summed E-state index contributed by atoms with van der Waals surface area (Å²) >= 11 is 0. The zero-order valence-electron chi connectivity index (χ0n) is 7.24. The molecule has 72 valence electrons. The topological polar surface area (TPSA) is 60.2 Å². The molecular formula is C10H8FNO2. The van der Waals surface area contributed by atoms with Gasteiger partial charge in [-0.3, -0.25) is 9.59 Å². The highest BCUT2D eigenvalue weighted by molar-refractivity contribution is 5.92. The van der Waals surface area contributed by atoms with Crippen molar-refractivity contribution < 1.29 is 14.0 Å². The van der Waals surface area contributed by atoms with E-state index < -0.39 is 11.7 Å². The Morgan fingerprint density at radius 1 is 1.36 bits per heavy atom. The Labute approximate surface area is 80.0 Å².